The topological polar surface area (TPSA) is 44.4 Å². The van der Waals surface area contributed by atoms with E-state index in [1.807, 2.05) is 0 Å². The standard InChI is InChI=1S/C16H22F3N3O/c17-16(18,19)14(13-4-2-1-3-5-13)12-15(23)21-8-11-22-9-6-20-7-10-22/h1-5,14,20H,6-12H2,(H,21,23). The van der Waals surface area contributed by atoms with Gasteiger partial charge in [-0.3, -0.25) is 9.69 Å². The average Bonchev–Trinajstić information content (AvgIpc) is 2.53. The second-order valence-corrected chi connectivity index (χ2v) is 5.65. The third-order valence-electron chi connectivity index (χ3n) is 3.95. The molecular weight excluding hydrogens is 307 g/mol. The van der Waals surface area contributed by atoms with E-state index in [4.69, 9.17) is 0 Å². The maximum Gasteiger partial charge on any atom is 0.396 e. The molecular formula is C16H22F3N3O. The molecule has 7 heteroatoms. The minimum atomic E-state index is -4.43. The molecule has 0 saturated carbocycles. The van der Waals surface area contributed by atoms with Gasteiger partial charge in [0.15, 0.2) is 0 Å². The monoisotopic (exact) mass is 329 g/mol. The van der Waals surface area contributed by atoms with Crippen LogP contribution in [0.25, 0.3) is 0 Å². The zero-order chi connectivity index (χ0) is 16.7. The summed E-state index contributed by atoms with van der Waals surface area (Å²) in [6.45, 7) is 4.62. The molecule has 0 aliphatic carbocycles. The Labute approximate surface area is 134 Å². The fourth-order valence-electron chi connectivity index (χ4n) is 2.65. The first kappa shape index (κ1) is 17.7. The number of nitrogens with one attached hydrogen (secondary N) is 2. The number of carbonyl (C=O) groups is 1. The van der Waals surface area contributed by atoms with Gasteiger partial charge in [0.05, 0.1) is 5.92 Å². The second-order valence-electron chi connectivity index (χ2n) is 5.65. The van der Waals surface area contributed by atoms with E-state index in [-0.39, 0.29) is 5.56 Å². The molecule has 23 heavy (non-hydrogen) atoms. The van der Waals surface area contributed by atoms with Gasteiger partial charge in [-0.15, -0.1) is 0 Å². The molecule has 1 atom stereocenters. The van der Waals surface area contributed by atoms with Crippen LogP contribution in [0.2, 0.25) is 0 Å². The van der Waals surface area contributed by atoms with Gasteiger partial charge >= 0.3 is 6.18 Å². The van der Waals surface area contributed by atoms with Crippen molar-refractivity contribution in [1.29, 1.82) is 0 Å². The van der Waals surface area contributed by atoms with E-state index in [0.29, 0.717) is 13.1 Å². The number of alkyl halides is 3. The van der Waals surface area contributed by atoms with Crippen LogP contribution in [-0.4, -0.2) is 56.3 Å². The first-order valence-electron chi connectivity index (χ1n) is 7.78. The van der Waals surface area contributed by atoms with Gasteiger partial charge in [0.2, 0.25) is 5.91 Å². The number of carbonyl (C=O) groups excluding carboxylic acids is 1. The Hall–Kier alpha value is -1.60. The molecule has 1 fully saturated rings. The van der Waals surface area contributed by atoms with Crippen molar-refractivity contribution in [2.24, 2.45) is 0 Å². The van der Waals surface area contributed by atoms with Crippen LogP contribution >= 0.6 is 0 Å². The molecule has 0 bridgehead atoms. The molecule has 1 amide bonds. The number of halogens is 3. The lowest BCUT2D eigenvalue weighted by atomic mass is 9.95. The average molecular weight is 329 g/mol. The highest BCUT2D eigenvalue weighted by Crippen LogP contribution is 2.37. The maximum absolute atomic E-state index is 13.2. The molecule has 0 spiro atoms. The lowest BCUT2D eigenvalue weighted by Crippen LogP contribution is -2.46. The minimum Gasteiger partial charge on any atom is -0.355 e. The van der Waals surface area contributed by atoms with E-state index in [2.05, 4.69) is 15.5 Å². The fraction of sp³-hybridized carbons (Fsp3) is 0.562. The predicted molar refractivity (Wildman–Crippen MR) is 82.2 cm³/mol. The van der Waals surface area contributed by atoms with Crippen molar-refractivity contribution >= 4 is 5.91 Å². The molecule has 128 valence electrons. The van der Waals surface area contributed by atoms with Gasteiger partial charge in [-0.05, 0) is 5.56 Å². The number of piperazine rings is 1. The van der Waals surface area contributed by atoms with E-state index in [1.165, 1.54) is 12.1 Å². The lowest BCUT2D eigenvalue weighted by molar-refractivity contribution is -0.157. The Morgan fingerprint density at radius 2 is 1.87 bits per heavy atom. The second kappa shape index (κ2) is 8.31. The number of amides is 1. The summed E-state index contributed by atoms with van der Waals surface area (Å²) in [5.74, 6) is -2.32. The maximum atomic E-state index is 13.2. The number of nitrogens with zero attached hydrogens (tertiary/aromatic N) is 1. The molecule has 1 saturated heterocycles. The molecule has 1 aromatic carbocycles. The predicted octanol–water partition coefficient (Wildman–Crippen LogP) is 1.74. The van der Waals surface area contributed by atoms with Crippen LogP contribution in [0.5, 0.6) is 0 Å². The van der Waals surface area contributed by atoms with Crippen LogP contribution in [-0.2, 0) is 4.79 Å². The van der Waals surface area contributed by atoms with E-state index < -0.39 is 24.4 Å². The summed E-state index contributed by atoms with van der Waals surface area (Å²) in [6.07, 6.45) is -5.01. The van der Waals surface area contributed by atoms with Crippen molar-refractivity contribution in [3.8, 4) is 0 Å². The Kier molecular flexibility index (Phi) is 6.41. The van der Waals surface area contributed by atoms with Crippen molar-refractivity contribution in [2.45, 2.75) is 18.5 Å². The van der Waals surface area contributed by atoms with Crippen molar-refractivity contribution < 1.29 is 18.0 Å². The molecule has 1 unspecified atom stereocenters. The van der Waals surface area contributed by atoms with E-state index in [1.54, 1.807) is 18.2 Å². The zero-order valence-corrected chi connectivity index (χ0v) is 12.9. The molecule has 1 aliphatic rings. The third kappa shape index (κ3) is 5.84. The summed E-state index contributed by atoms with van der Waals surface area (Å²) >= 11 is 0. The van der Waals surface area contributed by atoms with Gasteiger partial charge < -0.3 is 10.6 Å². The van der Waals surface area contributed by atoms with Crippen molar-refractivity contribution in [2.75, 3.05) is 39.3 Å². The van der Waals surface area contributed by atoms with Crippen LogP contribution in [0.1, 0.15) is 17.9 Å². The van der Waals surface area contributed by atoms with Gasteiger partial charge in [-0.25, -0.2) is 0 Å². The van der Waals surface area contributed by atoms with Crippen LogP contribution in [0.15, 0.2) is 30.3 Å². The Balaban J connectivity index is 1.83. The normalized spacial score (nSPS) is 17.7. The van der Waals surface area contributed by atoms with Crippen LogP contribution < -0.4 is 10.6 Å². The quantitative estimate of drug-likeness (QED) is 0.836. The summed E-state index contributed by atoms with van der Waals surface area (Å²) in [4.78, 5) is 14.0. The summed E-state index contributed by atoms with van der Waals surface area (Å²) in [5.41, 5.74) is 0.122. The number of hydrogen-bond acceptors (Lipinski definition) is 3. The largest absolute Gasteiger partial charge is 0.396 e. The highest BCUT2D eigenvalue weighted by molar-refractivity contribution is 5.77. The van der Waals surface area contributed by atoms with Crippen molar-refractivity contribution in [1.82, 2.24) is 15.5 Å². The smallest absolute Gasteiger partial charge is 0.355 e. The first-order valence-corrected chi connectivity index (χ1v) is 7.78. The molecule has 1 aliphatic heterocycles. The molecule has 2 rings (SSSR count). The van der Waals surface area contributed by atoms with Crippen LogP contribution in [0.4, 0.5) is 13.2 Å². The highest BCUT2D eigenvalue weighted by atomic mass is 19.4. The molecule has 1 aromatic rings. The Morgan fingerprint density at radius 1 is 1.22 bits per heavy atom. The van der Waals surface area contributed by atoms with Gasteiger partial charge in [0.25, 0.3) is 0 Å². The van der Waals surface area contributed by atoms with E-state index in [9.17, 15) is 18.0 Å². The van der Waals surface area contributed by atoms with Gasteiger partial charge in [0, 0.05) is 45.7 Å². The van der Waals surface area contributed by atoms with Crippen LogP contribution in [0, 0.1) is 0 Å². The lowest BCUT2D eigenvalue weighted by Gasteiger charge is -2.27. The summed E-state index contributed by atoms with van der Waals surface area (Å²) in [6, 6.07) is 7.58. The Morgan fingerprint density at radius 3 is 2.48 bits per heavy atom. The minimum absolute atomic E-state index is 0.122. The molecule has 4 nitrogen and oxygen atoms in total. The van der Waals surface area contributed by atoms with E-state index in [0.717, 1.165) is 26.2 Å². The van der Waals surface area contributed by atoms with E-state index >= 15 is 0 Å². The molecule has 1 heterocycles. The summed E-state index contributed by atoms with van der Waals surface area (Å²) < 4.78 is 39.6. The van der Waals surface area contributed by atoms with Crippen molar-refractivity contribution in [3.63, 3.8) is 0 Å². The third-order valence-corrected chi connectivity index (χ3v) is 3.95. The number of hydrogen-bond donors (Lipinski definition) is 2. The fourth-order valence-corrected chi connectivity index (χ4v) is 2.65. The highest BCUT2D eigenvalue weighted by Gasteiger charge is 2.41. The zero-order valence-electron chi connectivity index (χ0n) is 12.9. The summed E-state index contributed by atoms with van der Waals surface area (Å²) in [5, 5.41) is 5.82. The molecule has 2 N–H and O–H groups in total. The van der Waals surface area contributed by atoms with Crippen molar-refractivity contribution in [3.05, 3.63) is 35.9 Å². The van der Waals surface area contributed by atoms with Gasteiger partial charge in [0.1, 0.15) is 0 Å². The van der Waals surface area contributed by atoms with Gasteiger partial charge in [-0.2, -0.15) is 13.2 Å². The number of rotatable bonds is 6. The first-order chi connectivity index (χ1) is 11.0. The Bertz CT molecular complexity index is 487. The number of benzene rings is 1. The van der Waals surface area contributed by atoms with Crippen LogP contribution in [0.3, 0.4) is 0 Å². The molecule has 0 aromatic heterocycles. The van der Waals surface area contributed by atoms with Gasteiger partial charge in [-0.1, -0.05) is 30.3 Å². The summed E-state index contributed by atoms with van der Waals surface area (Å²) in [7, 11) is 0. The molecule has 0 radical (unpaired) electrons. The SMILES string of the molecule is O=C(CC(c1ccccc1)C(F)(F)F)NCCN1CCNCC1.